The standard InChI is InChI=1S/C11H11IO/c1-2-10(12)11(13)8-9-6-4-3-5-7-9/h2-7H,8H2,1H3/b10-2-. The Labute approximate surface area is 92.0 Å². The number of carbonyl (C=O) groups excluding carboxylic acids is 1. The fourth-order valence-corrected chi connectivity index (χ4v) is 1.22. The molecule has 68 valence electrons. The third kappa shape index (κ3) is 3.30. The topological polar surface area (TPSA) is 17.1 Å². The van der Waals surface area contributed by atoms with Gasteiger partial charge in [0, 0.05) is 6.42 Å². The third-order valence-electron chi connectivity index (χ3n) is 1.73. The predicted molar refractivity (Wildman–Crippen MR) is 62.9 cm³/mol. The minimum atomic E-state index is 0.189. The SMILES string of the molecule is C/C=C(\I)C(=O)Cc1ccccc1. The van der Waals surface area contributed by atoms with Crippen molar-refractivity contribution in [3.63, 3.8) is 0 Å². The zero-order chi connectivity index (χ0) is 9.68. The van der Waals surface area contributed by atoms with Crippen LogP contribution in [0.4, 0.5) is 0 Å². The molecule has 0 N–H and O–H groups in total. The van der Waals surface area contributed by atoms with E-state index in [4.69, 9.17) is 0 Å². The maximum Gasteiger partial charge on any atom is 0.172 e. The molecule has 0 unspecified atom stereocenters. The van der Waals surface area contributed by atoms with E-state index in [1.807, 2.05) is 43.3 Å². The van der Waals surface area contributed by atoms with E-state index in [-0.39, 0.29) is 5.78 Å². The van der Waals surface area contributed by atoms with E-state index in [2.05, 4.69) is 22.6 Å². The second-order valence-electron chi connectivity index (χ2n) is 2.72. The summed E-state index contributed by atoms with van der Waals surface area (Å²) in [5.41, 5.74) is 1.07. The van der Waals surface area contributed by atoms with Gasteiger partial charge in [0.15, 0.2) is 5.78 Å². The van der Waals surface area contributed by atoms with E-state index >= 15 is 0 Å². The van der Waals surface area contributed by atoms with Crippen molar-refractivity contribution >= 4 is 28.4 Å². The Kier molecular flexibility index (Phi) is 4.15. The molecule has 0 fully saturated rings. The molecule has 1 aromatic rings. The number of ketones is 1. The summed E-state index contributed by atoms with van der Waals surface area (Å²) in [5, 5.41) is 0. The molecule has 0 aliphatic rings. The minimum absolute atomic E-state index is 0.189. The van der Waals surface area contributed by atoms with Crippen molar-refractivity contribution in [2.24, 2.45) is 0 Å². The van der Waals surface area contributed by atoms with Gasteiger partial charge in [0.25, 0.3) is 0 Å². The van der Waals surface area contributed by atoms with Gasteiger partial charge in [-0.1, -0.05) is 36.4 Å². The zero-order valence-electron chi connectivity index (χ0n) is 7.46. The summed E-state index contributed by atoms with van der Waals surface area (Å²) in [6.45, 7) is 1.88. The summed E-state index contributed by atoms with van der Waals surface area (Å²) >= 11 is 2.07. The molecule has 0 bridgehead atoms. The lowest BCUT2D eigenvalue weighted by Crippen LogP contribution is -2.01. The van der Waals surface area contributed by atoms with Crippen molar-refractivity contribution in [1.82, 2.24) is 0 Å². The van der Waals surface area contributed by atoms with Gasteiger partial charge in [0.2, 0.25) is 0 Å². The highest BCUT2D eigenvalue weighted by atomic mass is 127. The molecule has 0 spiro atoms. The highest BCUT2D eigenvalue weighted by Gasteiger charge is 2.05. The van der Waals surface area contributed by atoms with E-state index in [0.717, 1.165) is 9.14 Å². The molecule has 0 saturated heterocycles. The Bertz CT molecular complexity index is 314. The molecule has 0 saturated carbocycles. The number of halogens is 1. The first-order valence-electron chi connectivity index (χ1n) is 4.13. The second kappa shape index (κ2) is 5.17. The Morgan fingerprint density at radius 2 is 2.00 bits per heavy atom. The van der Waals surface area contributed by atoms with Gasteiger partial charge in [-0.05, 0) is 35.1 Å². The first-order valence-corrected chi connectivity index (χ1v) is 5.21. The molecular formula is C11H11IO. The Morgan fingerprint density at radius 3 is 2.54 bits per heavy atom. The van der Waals surface area contributed by atoms with Crippen molar-refractivity contribution in [3.8, 4) is 0 Å². The number of carbonyl (C=O) groups is 1. The van der Waals surface area contributed by atoms with Crippen LogP contribution in [0.25, 0.3) is 0 Å². The van der Waals surface area contributed by atoms with Crippen LogP contribution in [0.1, 0.15) is 12.5 Å². The number of rotatable bonds is 3. The second-order valence-corrected chi connectivity index (χ2v) is 3.88. The summed E-state index contributed by atoms with van der Waals surface area (Å²) in [7, 11) is 0. The molecule has 0 aliphatic heterocycles. The van der Waals surface area contributed by atoms with Gasteiger partial charge >= 0.3 is 0 Å². The molecule has 1 rings (SSSR count). The fourth-order valence-electron chi connectivity index (χ4n) is 1.03. The van der Waals surface area contributed by atoms with E-state index in [9.17, 15) is 4.79 Å². The lowest BCUT2D eigenvalue weighted by atomic mass is 10.1. The number of benzene rings is 1. The molecule has 0 aliphatic carbocycles. The van der Waals surface area contributed by atoms with Gasteiger partial charge in [0.05, 0.1) is 3.58 Å². The van der Waals surface area contributed by atoms with Crippen molar-refractivity contribution in [2.75, 3.05) is 0 Å². The summed E-state index contributed by atoms with van der Waals surface area (Å²) in [5.74, 6) is 0.189. The third-order valence-corrected chi connectivity index (χ3v) is 2.95. The van der Waals surface area contributed by atoms with Crippen LogP contribution in [0.3, 0.4) is 0 Å². The Hall–Kier alpha value is -0.640. The number of hydrogen-bond donors (Lipinski definition) is 0. The van der Waals surface area contributed by atoms with Crippen LogP contribution >= 0.6 is 22.6 Å². The molecule has 1 nitrogen and oxygen atoms in total. The van der Waals surface area contributed by atoms with Crippen molar-refractivity contribution in [3.05, 3.63) is 45.6 Å². The summed E-state index contributed by atoms with van der Waals surface area (Å²) in [4.78, 5) is 11.5. The van der Waals surface area contributed by atoms with E-state index in [1.54, 1.807) is 0 Å². The van der Waals surface area contributed by atoms with E-state index in [0.29, 0.717) is 6.42 Å². The Morgan fingerprint density at radius 1 is 1.38 bits per heavy atom. The molecule has 1 aromatic carbocycles. The van der Waals surface area contributed by atoms with Crippen molar-refractivity contribution in [1.29, 1.82) is 0 Å². The van der Waals surface area contributed by atoms with Gasteiger partial charge in [-0.2, -0.15) is 0 Å². The van der Waals surface area contributed by atoms with Gasteiger partial charge < -0.3 is 0 Å². The normalized spacial score (nSPS) is 11.4. The fraction of sp³-hybridized carbons (Fsp3) is 0.182. The summed E-state index contributed by atoms with van der Waals surface area (Å²) in [6, 6.07) is 9.79. The molecule has 0 heterocycles. The average molecular weight is 286 g/mol. The van der Waals surface area contributed by atoms with E-state index < -0.39 is 0 Å². The summed E-state index contributed by atoms with van der Waals surface area (Å²) < 4.78 is 0.807. The van der Waals surface area contributed by atoms with Gasteiger partial charge in [0.1, 0.15) is 0 Å². The maximum absolute atomic E-state index is 11.5. The van der Waals surface area contributed by atoms with Crippen LogP contribution in [0.15, 0.2) is 40.0 Å². The molecule has 2 heteroatoms. The zero-order valence-corrected chi connectivity index (χ0v) is 9.61. The Balaban J connectivity index is 2.66. The minimum Gasteiger partial charge on any atom is -0.293 e. The van der Waals surface area contributed by atoms with E-state index in [1.165, 1.54) is 0 Å². The highest BCUT2D eigenvalue weighted by molar-refractivity contribution is 14.1. The molecule has 0 aromatic heterocycles. The lowest BCUT2D eigenvalue weighted by molar-refractivity contribution is -0.114. The predicted octanol–water partition coefficient (Wildman–Crippen LogP) is 3.14. The first-order chi connectivity index (χ1) is 6.24. The molecule has 0 radical (unpaired) electrons. The largest absolute Gasteiger partial charge is 0.293 e. The number of Topliss-reactive ketones (excluding diaryl/α,β-unsaturated/α-hetero) is 1. The van der Waals surface area contributed by atoms with Crippen LogP contribution in [0, 0.1) is 0 Å². The van der Waals surface area contributed by atoms with Crippen molar-refractivity contribution in [2.45, 2.75) is 13.3 Å². The van der Waals surface area contributed by atoms with Crippen molar-refractivity contribution < 1.29 is 4.79 Å². The highest BCUT2D eigenvalue weighted by Crippen LogP contribution is 2.11. The molecule has 0 amide bonds. The summed E-state index contributed by atoms with van der Waals surface area (Å²) in [6.07, 6.45) is 2.34. The van der Waals surface area contributed by atoms with Crippen LogP contribution in [-0.2, 0) is 11.2 Å². The van der Waals surface area contributed by atoms with Crippen LogP contribution in [-0.4, -0.2) is 5.78 Å². The van der Waals surface area contributed by atoms with Gasteiger partial charge in [-0.25, -0.2) is 0 Å². The molecule has 0 atom stereocenters. The van der Waals surface area contributed by atoms with Gasteiger partial charge in [-0.3, -0.25) is 4.79 Å². The first kappa shape index (κ1) is 10.4. The average Bonchev–Trinajstić information content (AvgIpc) is 2.18. The quantitative estimate of drug-likeness (QED) is 0.616. The molecular weight excluding hydrogens is 275 g/mol. The number of allylic oxidation sites excluding steroid dienone is 2. The smallest absolute Gasteiger partial charge is 0.172 e. The maximum atomic E-state index is 11.5. The monoisotopic (exact) mass is 286 g/mol. The number of hydrogen-bond acceptors (Lipinski definition) is 1. The van der Waals surface area contributed by atoms with Crippen LogP contribution in [0.2, 0.25) is 0 Å². The van der Waals surface area contributed by atoms with Crippen LogP contribution < -0.4 is 0 Å². The molecule has 13 heavy (non-hydrogen) atoms. The lowest BCUT2D eigenvalue weighted by Gasteiger charge is -1.98. The van der Waals surface area contributed by atoms with Crippen LogP contribution in [0.5, 0.6) is 0 Å². The van der Waals surface area contributed by atoms with Gasteiger partial charge in [-0.15, -0.1) is 0 Å².